The summed E-state index contributed by atoms with van der Waals surface area (Å²) < 4.78 is 2.06. The highest BCUT2D eigenvalue weighted by Gasteiger charge is 2.17. The average Bonchev–Trinajstić information content (AvgIpc) is 2.95. The molecule has 0 bridgehead atoms. The lowest BCUT2D eigenvalue weighted by atomic mass is 10.3. The number of thiazole rings is 1. The number of rotatable bonds is 3. The highest BCUT2D eigenvalue weighted by Crippen LogP contribution is 2.25. The number of fused-ring (bicyclic) bond motifs is 1. The molecule has 0 aliphatic rings. The molecule has 20 heavy (non-hydrogen) atoms. The lowest BCUT2D eigenvalue weighted by molar-refractivity contribution is 0.723. The Bertz CT molecular complexity index is 760. The topological polar surface area (TPSA) is 43.6 Å². The summed E-state index contributed by atoms with van der Waals surface area (Å²) in [5.74, 6) is 0.838. The van der Waals surface area contributed by atoms with Crippen molar-refractivity contribution in [1.82, 2.24) is 19.5 Å². The molecule has 4 nitrogen and oxygen atoms in total. The Morgan fingerprint density at radius 1 is 1.25 bits per heavy atom. The molecule has 0 amide bonds. The van der Waals surface area contributed by atoms with E-state index in [-0.39, 0.29) is 5.38 Å². The summed E-state index contributed by atoms with van der Waals surface area (Å²) in [6.45, 7) is 6.57. The van der Waals surface area contributed by atoms with Crippen LogP contribution in [-0.4, -0.2) is 19.5 Å². The second kappa shape index (κ2) is 5.14. The Labute approximate surface area is 126 Å². The Morgan fingerprint density at radius 3 is 2.70 bits per heavy atom. The number of nitrogens with zero attached hydrogens (tertiary/aromatic N) is 4. The molecule has 0 fully saturated rings. The van der Waals surface area contributed by atoms with Crippen molar-refractivity contribution in [3.05, 3.63) is 39.7 Å². The molecule has 0 saturated heterocycles. The number of aromatic nitrogens is 4. The fraction of sp³-hybridized carbons (Fsp3) is 0.357. The average molecular weight is 307 g/mol. The molecule has 0 radical (unpaired) electrons. The van der Waals surface area contributed by atoms with Crippen LogP contribution in [0.5, 0.6) is 0 Å². The first kappa shape index (κ1) is 13.5. The zero-order valence-electron chi connectivity index (χ0n) is 11.6. The predicted octanol–water partition coefficient (Wildman–Crippen LogP) is 3.85. The Hall–Kier alpha value is -1.46. The summed E-state index contributed by atoms with van der Waals surface area (Å²) in [7, 11) is 0. The van der Waals surface area contributed by atoms with Gasteiger partial charge in [0.15, 0.2) is 5.65 Å². The summed E-state index contributed by atoms with van der Waals surface area (Å²) in [6.07, 6.45) is 0. The van der Waals surface area contributed by atoms with Crippen LogP contribution < -0.4 is 0 Å². The Balaban J connectivity index is 2.15. The minimum Gasteiger partial charge on any atom is -0.305 e. The number of hydrogen-bond donors (Lipinski definition) is 0. The van der Waals surface area contributed by atoms with Crippen molar-refractivity contribution in [2.45, 2.75) is 32.7 Å². The number of imidazole rings is 1. The van der Waals surface area contributed by atoms with Gasteiger partial charge in [0.05, 0.1) is 22.6 Å². The Kier molecular flexibility index (Phi) is 3.48. The SMILES string of the molecule is Cc1ccc2nc(C(C)Cl)n(Cc3csc(C)n3)c2n1. The van der Waals surface area contributed by atoms with E-state index in [1.807, 2.05) is 32.9 Å². The van der Waals surface area contributed by atoms with Crippen molar-refractivity contribution in [3.63, 3.8) is 0 Å². The van der Waals surface area contributed by atoms with Gasteiger partial charge in [0.1, 0.15) is 11.3 Å². The number of alkyl halides is 1. The minimum absolute atomic E-state index is 0.163. The van der Waals surface area contributed by atoms with Crippen LogP contribution in [0.3, 0.4) is 0 Å². The van der Waals surface area contributed by atoms with Crippen LogP contribution in [0.15, 0.2) is 17.5 Å². The van der Waals surface area contributed by atoms with Crippen LogP contribution in [0.4, 0.5) is 0 Å². The zero-order valence-corrected chi connectivity index (χ0v) is 13.2. The van der Waals surface area contributed by atoms with E-state index >= 15 is 0 Å². The normalized spacial score (nSPS) is 13.0. The molecule has 3 rings (SSSR count). The van der Waals surface area contributed by atoms with Gasteiger partial charge in [0, 0.05) is 11.1 Å². The van der Waals surface area contributed by atoms with Crippen molar-refractivity contribution >= 4 is 34.1 Å². The first-order valence-corrected chi connectivity index (χ1v) is 7.75. The maximum atomic E-state index is 6.26. The van der Waals surface area contributed by atoms with Gasteiger partial charge in [0.25, 0.3) is 0 Å². The molecule has 0 saturated carbocycles. The van der Waals surface area contributed by atoms with Gasteiger partial charge >= 0.3 is 0 Å². The summed E-state index contributed by atoms with van der Waals surface area (Å²) in [5.41, 5.74) is 3.75. The second-order valence-corrected chi connectivity index (χ2v) is 6.54. The van der Waals surface area contributed by atoms with Gasteiger partial charge in [-0.25, -0.2) is 15.0 Å². The van der Waals surface area contributed by atoms with Crippen LogP contribution in [0.2, 0.25) is 0 Å². The van der Waals surface area contributed by atoms with Gasteiger partial charge in [-0.15, -0.1) is 22.9 Å². The van der Waals surface area contributed by atoms with E-state index in [1.54, 1.807) is 11.3 Å². The van der Waals surface area contributed by atoms with Crippen LogP contribution in [0.1, 0.15) is 34.5 Å². The van der Waals surface area contributed by atoms with Crippen LogP contribution in [-0.2, 0) is 6.54 Å². The minimum atomic E-state index is -0.163. The first-order chi connectivity index (χ1) is 9.54. The molecular formula is C14H15ClN4S. The standard InChI is InChI=1S/C14H15ClN4S/c1-8-4-5-12-14(16-8)19(13(18-12)9(2)15)6-11-7-20-10(3)17-11/h4-5,7,9H,6H2,1-3H3. The third-order valence-corrected chi connectivity index (χ3v) is 4.12. The Morgan fingerprint density at radius 2 is 2.05 bits per heavy atom. The van der Waals surface area contributed by atoms with Crippen LogP contribution in [0, 0.1) is 13.8 Å². The number of hydrogen-bond acceptors (Lipinski definition) is 4. The molecule has 0 spiro atoms. The molecule has 0 aliphatic carbocycles. The van der Waals surface area contributed by atoms with Crippen molar-refractivity contribution in [2.24, 2.45) is 0 Å². The van der Waals surface area contributed by atoms with Crippen molar-refractivity contribution < 1.29 is 0 Å². The van der Waals surface area contributed by atoms with Crippen LogP contribution >= 0.6 is 22.9 Å². The predicted molar refractivity (Wildman–Crippen MR) is 82.5 cm³/mol. The highest BCUT2D eigenvalue weighted by molar-refractivity contribution is 7.09. The summed E-state index contributed by atoms with van der Waals surface area (Å²) in [5, 5.41) is 2.97. The third-order valence-electron chi connectivity index (χ3n) is 3.10. The molecule has 0 N–H and O–H groups in total. The lowest BCUT2D eigenvalue weighted by Gasteiger charge is -2.08. The quantitative estimate of drug-likeness (QED) is 0.690. The lowest BCUT2D eigenvalue weighted by Crippen LogP contribution is -2.07. The summed E-state index contributed by atoms with van der Waals surface area (Å²) in [4.78, 5) is 13.7. The van der Waals surface area contributed by atoms with E-state index in [4.69, 9.17) is 11.6 Å². The summed E-state index contributed by atoms with van der Waals surface area (Å²) in [6, 6.07) is 3.96. The molecule has 1 unspecified atom stereocenters. The molecule has 3 heterocycles. The molecule has 3 aromatic heterocycles. The van der Waals surface area contributed by atoms with E-state index < -0.39 is 0 Å². The van der Waals surface area contributed by atoms with Gasteiger partial charge in [-0.1, -0.05) is 0 Å². The molecule has 104 valence electrons. The molecule has 3 aromatic rings. The van der Waals surface area contributed by atoms with Gasteiger partial charge in [-0.2, -0.15) is 0 Å². The van der Waals surface area contributed by atoms with Crippen LogP contribution in [0.25, 0.3) is 11.2 Å². The largest absolute Gasteiger partial charge is 0.305 e. The first-order valence-electron chi connectivity index (χ1n) is 6.43. The van der Waals surface area contributed by atoms with E-state index in [2.05, 4.69) is 24.9 Å². The van der Waals surface area contributed by atoms with Gasteiger partial charge in [-0.3, -0.25) is 0 Å². The number of aryl methyl sites for hydroxylation is 2. The van der Waals surface area contributed by atoms with E-state index in [0.29, 0.717) is 6.54 Å². The number of halogens is 1. The van der Waals surface area contributed by atoms with E-state index in [0.717, 1.165) is 33.4 Å². The smallest absolute Gasteiger partial charge is 0.160 e. The van der Waals surface area contributed by atoms with E-state index in [9.17, 15) is 0 Å². The molecular weight excluding hydrogens is 292 g/mol. The molecule has 0 aliphatic heterocycles. The summed E-state index contributed by atoms with van der Waals surface area (Å²) >= 11 is 7.91. The number of pyridine rings is 1. The molecule has 6 heteroatoms. The zero-order chi connectivity index (χ0) is 14.3. The van der Waals surface area contributed by atoms with Gasteiger partial charge in [0.2, 0.25) is 0 Å². The third kappa shape index (κ3) is 2.43. The maximum Gasteiger partial charge on any atom is 0.160 e. The second-order valence-electron chi connectivity index (χ2n) is 4.83. The highest BCUT2D eigenvalue weighted by atomic mass is 35.5. The van der Waals surface area contributed by atoms with Gasteiger partial charge in [-0.05, 0) is 32.9 Å². The fourth-order valence-corrected chi connectivity index (χ4v) is 2.99. The van der Waals surface area contributed by atoms with Crippen molar-refractivity contribution in [3.8, 4) is 0 Å². The van der Waals surface area contributed by atoms with Gasteiger partial charge < -0.3 is 4.57 Å². The van der Waals surface area contributed by atoms with Crippen molar-refractivity contribution in [1.29, 1.82) is 0 Å². The molecule has 0 aromatic carbocycles. The van der Waals surface area contributed by atoms with E-state index in [1.165, 1.54) is 0 Å². The van der Waals surface area contributed by atoms with Crippen molar-refractivity contribution in [2.75, 3.05) is 0 Å². The maximum absolute atomic E-state index is 6.26. The monoisotopic (exact) mass is 306 g/mol. The fourth-order valence-electron chi connectivity index (χ4n) is 2.22. The molecule has 1 atom stereocenters.